The second-order valence-corrected chi connectivity index (χ2v) is 8.18. The Morgan fingerprint density at radius 3 is 2.42 bits per heavy atom. The zero-order valence-corrected chi connectivity index (χ0v) is 16.0. The van der Waals surface area contributed by atoms with E-state index < -0.39 is 0 Å². The van der Waals surface area contributed by atoms with Crippen molar-refractivity contribution in [2.45, 2.75) is 69.7 Å². The van der Waals surface area contributed by atoms with E-state index in [1.54, 1.807) is 0 Å². The van der Waals surface area contributed by atoms with Crippen LogP contribution in [0, 0.1) is 5.92 Å². The van der Waals surface area contributed by atoms with Crippen LogP contribution in [0.25, 0.3) is 0 Å². The molecule has 0 unspecified atom stereocenters. The van der Waals surface area contributed by atoms with Crippen LogP contribution in [0.15, 0.2) is 0 Å². The van der Waals surface area contributed by atoms with Gasteiger partial charge in [0.05, 0.1) is 13.2 Å². The van der Waals surface area contributed by atoms with Gasteiger partial charge in [0.1, 0.15) is 0 Å². The molecule has 0 radical (unpaired) electrons. The predicted octanol–water partition coefficient (Wildman–Crippen LogP) is 2.26. The number of esters is 1. The lowest BCUT2D eigenvalue weighted by Crippen LogP contribution is -2.59. The van der Waals surface area contributed by atoms with Crippen molar-refractivity contribution in [2.75, 3.05) is 39.5 Å². The monoisotopic (exact) mass is 366 g/mol. The average Bonchev–Trinajstić information content (AvgIpc) is 3.19. The molecule has 0 spiro atoms. The molecule has 148 valence electrons. The van der Waals surface area contributed by atoms with Crippen LogP contribution in [0.2, 0.25) is 0 Å². The van der Waals surface area contributed by atoms with E-state index in [0.29, 0.717) is 18.9 Å². The molecule has 6 nitrogen and oxygen atoms in total. The highest BCUT2D eigenvalue weighted by Crippen LogP contribution is 2.34. The number of ether oxygens (including phenoxy) is 2. The van der Waals surface area contributed by atoms with Crippen LogP contribution in [0.3, 0.4) is 0 Å². The highest BCUT2D eigenvalue weighted by Gasteiger charge is 2.38. The molecule has 3 rings (SSSR count). The van der Waals surface area contributed by atoms with Gasteiger partial charge in [0, 0.05) is 31.6 Å². The van der Waals surface area contributed by atoms with Crippen molar-refractivity contribution < 1.29 is 19.1 Å². The first kappa shape index (κ1) is 19.6. The van der Waals surface area contributed by atoms with Gasteiger partial charge < -0.3 is 14.8 Å². The maximum absolute atomic E-state index is 12.2. The van der Waals surface area contributed by atoms with Crippen molar-refractivity contribution in [1.82, 2.24) is 10.2 Å². The lowest BCUT2D eigenvalue weighted by molar-refractivity contribution is -0.149. The molecule has 1 aliphatic heterocycles. The molecule has 2 aliphatic carbocycles. The Labute approximate surface area is 157 Å². The Balaban J connectivity index is 1.42. The normalized spacial score (nSPS) is 24.3. The summed E-state index contributed by atoms with van der Waals surface area (Å²) in [5.74, 6) is 0.0491. The minimum atomic E-state index is -0.229. The van der Waals surface area contributed by atoms with Crippen LogP contribution >= 0.6 is 0 Å². The maximum atomic E-state index is 12.2. The quantitative estimate of drug-likeness (QED) is 0.700. The number of rotatable bonds is 7. The molecule has 0 aromatic rings. The molecule has 3 fully saturated rings. The topological polar surface area (TPSA) is 67.9 Å². The molecule has 0 bridgehead atoms. The summed E-state index contributed by atoms with van der Waals surface area (Å²) in [7, 11) is 0. The standard InChI is InChI=1S/C20H34N2O4/c23-18(15-26-19(24)14-17-6-2-3-7-17)21-16-20(8-4-1-5-9-20)22-10-12-25-13-11-22/h17H,1-16H2,(H,21,23). The first-order valence-electron chi connectivity index (χ1n) is 10.4. The lowest BCUT2D eigenvalue weighted by atomic mass is 9.79. The van der Waals surface area contributed by atoms with Crippen LogP contribution in [-0.2, 0) is 19.1 Å². The van der Waals surface area contributed by atoms with E-state index in [4.69, 9.17) is 9.47 Å². The molecule has 1 amide bonds. The number of morpholine rings is 1. The minimum absolute atomic E-state index is 0.0472. The summed E-state index contributed by atoms with van der Waals surface area (Å²) >= 11 is 0. The Morgan fingerprint density at radius 2 is 1.73 bits per heavy atom. The Bertz CT molecular complexity index is 464. The number of carbonyl (C=O) groups is 2. The van der Waals surface area contributed by atoms with E-state index in [1.165, 1.54) is 32.1 Å². The summed E-state index contributed by atoms with van der Waals surface area (Å²) in [5, 5.41) is 3.04. The van der Waals surface area contributed by atoms with E-state index in [1.807, 2.05) is 0 Å². The molecule has 0 aromatic heterocycles. The van der Waals surface area contributed by atoms with E-state index in [2.05, 4.69) is 10.2 Å². The van der Waals surface area contributed by atoms with Gasteiger partial charge in [-0.05, 0) is 31.6 Å². The Kier molecular flexibility index (Phi) is 7.32. The van der Waals surface area contributed by atoms with Crippen LogP contribution in [0.1, 0.15) is 64.2 Å². The molecule has 26 heavy (non-hydrogen) atoms. The summed E-state index contributed by atoms with van der Waals surface area (Å²) in [5.41, 5.74) is 0.0472. The van der Waals surface area contributed by atoms with Gasteiger partial charge in [-0.15, -0.1) is 0 Å². The molecule has 6 heteroatoms. The van der Waals surface area contributed by atoms with Gasteiger partial charge in [-0.25, -0.2) is 0 Å². The highest BCUT2D eigenvalue weighted by atomic mass is 16.5. The summed E-state index contributed by atoms with van der Waals surface area (Å²) in [6, 6.07) is 0. The molecule has 1 N–H and O–H groups in total. The number of carbonyl (C=O) groups excluding carboxylic acids is 2. The van der Waals surface area contributed by atoms with Gasteiger partial charge >= 0.3 is 5.97 Å². The number of hydrogen-bond acceptors (Lipinski definition) is 5. The van der Waals surface area contributed by atoms with Crippen molar-refractivity contribution in [3.8, 4) is 0 Å². The van der Waals surface area contributed by atoms with Crippen LogP contribution < -0.4 is 5.32 Å². The lowest BCUT2D eigenvalue weighted by Gasteiger charge is -2.48. The summed E-state index contributed by atoms with van der Waals surface area (Å²) in [6.45, 7) is 3.91. The van der Waals surface area contributed by atoms with E-state index in [0.717, 1.165) is 52.0 Å². The predicted molar refractivity (Wildman–Crippen MR) is 98.8 cm³/mol. The average molecular weight is 367 g/mol. The first-order valence-corrected chi connectivity index (χ1v) is 10.4. The van der Waals surface area contributed by atoms with Crippen molar-refractivity contribution in [2.24, 2.45) is 5.92 Å². The van der Waals surface area contributed by atoms with Crippen molar-refractivity contribution in [3.05, 3.63) is 0 Å². The second kappa shape index (κ2) is 9.70. The van der Waals surface area contributed by atoms with Crippen molar-refractivity contribution in [1.29, 1.82) is 0 Å². The Hall–Kier alpha value is -1.14. The third kappa shape index (κ3) is 5.43. The maximum Gasteiger partial charge on any atom is 0.306 e. The fraction of sp³-hybridized carbons (Fsp3) is 0.900. The zero-order chi connectivity index (χ0) is 18.2. The summed E-state index contributed by atoms with van der Waals surface area (Å²) in [4.78, 5) is 26.6. The van der Waals surface area contributed by atoms with Gasteiger partial charge in [-0.2, -0.15) is 0 Å². The van der Waals surface area contributed by atoms with E-state index in [-0.39, 0.29) is 24.0 Å². The highest BCUT2D eigenvalue weighted by molar-refractivity contribution is 5.80. The fourth-order valence-electron chi connectivity index (χ4n) is 4.82. The van der Waals surface area contributed by atoms with Gasteiger partial charge in [0.25, 0.3) is 5.91 Å². The van der Waals surface area contributed by atoms with Gasteiger partial charge in [-0.1, -0.05) is 32.1 Å². The second-order valence-electron chi connectivity index (χ2n) is 8.18. The van der Waals surface area contributed by atoms with E-state index >= 15 is 0 Å². The number of nitrogens with zero attached hydrogens (tertiary/aromatic N) is 1. The largest absolute Gasteiger partial charge is 0.456 e. The number of amides is 1. The molecule has 0 atom stereocenters. The molecule has 0 aromatic carbocycles. The molecular formula is C20H34N2O4. The van der Waals surface area contributed by atoms with Crippen molar-refractivity contribution >= 4 is 11.9 Å². The van der Waals surface area contributed by atoms with Crippen LogP contribution in [0.4, 0.5) is 0 Å². The number of hydrogen-bond donors (Lipinski definition) is 1. The molecular weight excluding hydrogens is 332 g/mol. The molecule has 3 aliphatic rings. The van der Waals surface area contributed by atoms with Crippen LogP contribution in [0.5, 0.6) is 0 Å². The first-order chi connectivity index (χ1) is 12.7. The molecule has 1 saturated heterocycles. The van der Waals surface area contributed by atoms with Crippen molar-refractivity contribution in [3.63, 3.8) is 0 Å². The third-order valence-electron chi connectivity index (χ3n) is 6.38. The summed E-state index contributed by atoms with van der Waals surface area (Å²) in [6.07, 6.45) is 11.1. The zero-order valence-electron chi connectivity index (χ0n) is 16.0. The van der Waals surface area contributed by atoms with Gasteiger partial charge in [-0.3, -0.25) is 14.5 Å². The fourth-order valence-corrected chi connectivity index (χ4v) is 4.82. The van der Waals surface area contributed by atoms with E-state index in [9.17, 15) is 9.59 Å². The SMILES string of the molecule is O=C(COC(=O)CC1CCCC1)NCC1(N2CCOCC2)CCCCC1. The van der Waals surface area contributed by atoms with Gasteiger partial charge in [0.2, 0.25) is 0 Å². The van der Waals surface area contributed by atoms with Gasteiger partial charge in [0.15, 0.2) is 6.61 Å². The Morgan fingerprint density at radius 1 is 1.04 bits per heavy atom. The summed E-state index contributed by atoms with van der Waals surface area (Å²) < 4.78 is 10.7. The van der Waals surface area contributed by atoms with Crippen LogP contribution in [-0.4, -0.2) is 61.8 Å². The molecule has 2 saturated carbocycles. The number of nitrogens with one attached hydrogen (secondary N) is 1. The minimum Gasteiger partial charge on any atom is -0.456 e. The smallest absolute Gasteiger partial charge is 0.306 e. The third-order valence-corrected chi connectivity index (χ3v) is 6.38. The molecule has 1 heterocycles.